The second kappa shape index (κ2) is 8.49. The minimum atomic E-state index is -0.738. The summed E-state index contributed by atoms with van der Waals surface area (Å²) in [7, 11) is 0. The van der Waals surface area contributed by atoms with E-state index in [1.165, 1.54) is 12.1 Å². The Hall–Kier alpha value is -2.15. The van der Waals surface area contributed by atoms with Crippen molar-refractivity contribution in [3.63, 3.8) is 0 Å². The van der Waals surface area contributed by atoms with Crippen molar-refractivity contribution in [1.29, 1.82) is 0 Å². The summed E-state index contributed by atoms with van der Waals surface area (Å²) in [5.74, 6) is -1.16. The maximum Gasteiger partial charge on any atom is 0.307 e. The number of carboxylic acid groups (broad SMARTS) is 1. The zero-order chi connectivity index (χ0) is 18.5. The first-order valence-electron chi connectivity index (χ1n) is 9.26. The molecule has 142 valence electrons. The fourth-order valence-corrected chi connectivity index (χ4v) is 3.74. The van der Waals surface area contributed by atoms with Gasteiger partial charge in [-0.05, 0) is 43.7 Å². The Balaban J connectivity index is 1.42. The predicted molar refractivity (Wildman–Crippen MR) is 96.6 cm³/mol. The monoisotopic (exact) mass is 363 g/mol. The SMILES string of the molecule is O=C(O)C1CCCN(CCC(=O)N2CCN(c3ccc(F)cc3)CC2)C1. The Kier molecular flexibility index (Phi) is 6.08. The number of hydrogen-bond acceptors (Lipinski definition) is 4. The molecule has 1 atom stereocenters. The van der Waals surface area contributed by atoms with Crippen molar-refractivity contribution in [3.05, 3.63) is 30.1 Å². The summed E-state index contributed by atoms with van der Waals surface area (Å²) in [4.78, 5) is 29.7. The third-order valence-corrected chi connectivity index (χ3v) is 5.32. The molecule has 2 heterocycles. The summed E-state index contributed by atoms with van der Waals surface area (Å²) in [6.45, 7) is 4.84. The first kappa shape index (κ1) is 18.6. The maximum atomic E-state index is 13.0. The first-order chi connectivity index (χ1) is 12.5. The van der Waals surface area contributed by atoms with Crippen molar-refractivity contribution in [2.75, 3.05) is 50.7 Å². The fourth-order valence-electron chi connectivity index (χ4n) is 3.74. The molecule has 6 nitrogen and oxygen atoms in total. The van der Waals surface area contributed by atoms with Crippen LogP contribution in [-0.2, 0) is 9.59 Å². The molecule has 0 bridgehead atoms. The van der Waals surface area contributed by atoms with E-state index in [-0.39, 0.29) is 17.6 Å². The van der Waals surface area contributed by atoms with Crippen molar-refractivity contribution in [2.45, 2.75) is 19.3 Å². The highest BCUT2D eigenvalue weighted by Gasteiger charge is 2.26. The lowest BCUT2D eigenvalue weighted by Gasteiger charge is -2.37. The average Bonchev–Trinajstić information content (AvgIpc) is 2.67. The van der Waals surface area contributed by atoms with E-state index in [2.05, 4.69) is 9.80 Å². The van der Waals surface area contributed by atoms with Gasteiger partial charge in [0.05, 0.1) is 5.92 Å². The van der Waals surface area contributed by atoms with Crippen LogP contribution in [0.25, 0.3) is 0 Å². The number of halogens is 1. The molecule has 0 aliphatic carbocycles. The lowest BCUT2D eigenvalue weighted by Crippen LogP contribution is -2.49. The van der Waals surface area contributed by atoms with Gasteiger partial charge in [0.1, 0.15) is 5.82 Å². The number of piperidine rings is 1. The Bertz CT molecular complexity index is 629. The van der Waals surface area contributed by atoms with E-state index in [4.69, 9.17) is 5.11 Å². The first-order valence-corrected chi connectivity index (χ1v) is 9.26. The fraction of sp³-hybridized carbons (Fsp3) is 0.579. The van der Waals surface area contributed by atoms with E-state index in [9.17, 15) is 14.0 Å². The minimum absolute atomic E-state index is 0.126. The van der Waals surface area contributed by atoms with Gasteiger partial charge in [0, 0.05) is 51.4 Å². The molecule has 2 aliphatic heterocycles. The number of hydrogen-bond donors (Lipinski definition) is 1. The van der Waals surface area contributed by atoms with Crippen LogP contribution in [0.3, 0.4) is 0 Å². The number of carbonyl (C=O) groups excluding carboxylic acids is 1. The molecule has 0 radical (unpaired) electrons. The predicted octanol–water partition coefficient (Wildman–Crippen LogP) is 1.66. The third-order valence-electron chi connectivity index (χ3n) is 5.32. The van der Waals surface area contributed by atoms with Crippen molar-refractivity contribution in [3.8, 4) is 0 Å². The Labute approximate surface area is 153 Å². The van der Waals surface area contributed by atoms with E-state index >= 15 is 0 Å². The number of aliphatic carboxylic acids is 1. The van der Waals surface area contributed by atoms with Crippen LogP contribution < -0.4 is 4.90 Å². The van der Waals surface area contributed by atoms with Crippen molar-refractivity contribution < 1.29 is 19.1 Å². The lowest BCUT2D eigenvalue weighted by molar-refractivity contribution is -0.143. The molecule has 1 aromatic carbocycles. The zero-order valence-corrected chi connectivity index (χ0v) is 14.9. The summed E-state index contributed by atoms with van der Waals surface area (Å²) in [5.41, 5.74) is 0.978. The molecule has 1 amide bonds. The molecule has 26 heavy (non-hydrogen) atoms. The number of carboxylic acids is 1. The summed E-state index contributed by atoms with van der Waals surface area (Å²) in [6, 6.07) is 6.44. The molecule has 3 rings (SSSR count). The van der Waals surface area contributed by atoms with E-state index < -0.39 is 5.97 Å². The standard InChI is InChI=1S/C19H26FN3O3/c20-16-3-5-17(6-4-16)22-10-12-23(13-11-22)18(24)7-9-21-8-1-2-15(14-21)19(25)26/h3-6,15H,1-2,7-14H2,(H,25,26). The summed E-state index contributed by atoms with van der Waals surface area (Å²) >= 11 is 0. The largest absolute Gasteiger partial charge is 0.481 e. The Morgan fingerprint density at radius 3 is 2.42 bits per heavy atom. The van der Waals surface area contributed by atoms with Gasteiger partial charge in [-0.2, -0.15) is 0 Å². The second-order valence-electron chi connectivity index (χ2n) is 7.07. The molecular weight excluding hydrogens is 337 g/mol. The molecular formula is C19H26FN3O3. The van der Waals surface area contributed by atoms with Crippen LogP contribution >= 0.6 is 0 Å². The number of rotatable bonds is 5. The topological polar surface area (TPSA) is 64.1 Å². The van der Waals surface area contributed by atoms with Crippen LogP contribution in [0.5, 0.6) is 0 Å². The molecule has 2 saturated heterocycles. The molecule has 2 aliphatic rings. The van der Waals surface area contributed by atoms with Crippen LogP contribution in [0.1, 0.15) is 19.3 Å². The quantitative estimate of drug-likeness (QED) is 0.862. The minimum Gasteiger partial charge on any atom is -0.481 e. The van der Waals surface area contributed by atoms with Gasteiger partial charge in [-0.15, -0.1) is 0 Å². The van der Waals surface area contributed by atoms with Crippen LogP contribution in [-0.4, -0.2) is 72.6 Å². The number of carbonyl (C=O) groups is 2. The van der Waals surface area contributed by atoms with Crippen LogP contribution in [0, 0.1) is 11.7 Å². The van der Waals surface area contributed by atoms with Gasteiger partial charge in [0.15, 0.2) is 0 Å². The van der Waals surface area contributed by atoms with Gasteiger partial charge in [-0.25, -0.2) is 4.39 Å². The lowest BCUT2D eigenvalue weighted by atomic mass is 9.98. The normalized spacial score (nSPS) is 21.7. The molecule has 1 unspecified atom stereocenters. The number of benzene rings is 1. The van der Waals surface area contributed by atoms with Crippen molar-refractivity contribution in [1.82, 2.24) is 9.80 Å². The van der Waals surface area contributed by atoms with E-state index in [0.29, 0.717) is 32.6 Å². The molecule has 0 saturated carbocycles. The van der Waals surface area contributed by atoms with Gasteiger partial charge in [0.25, 0.3) is 0 Å². The van der Waals surface area contributed by atoms with Gasteiger partial charge in [-0.1, -0.05) is 0 Å². The summed E-state index contributed by atoms with van der Waals surface area (Å²) in [6.07, 6.45) is 2.04. The summed E-state index contributed by atoms with van der Waals surface area (Å²) < 4.78 is 13.0. The number of piperazine rings is 1. The zero-order valence-electron chi connectivity index (χ0n) is 14.9. The summed E-state index contributed by atoms with van der Waals surface area (Å²) in [5, 5.41) is 9.14. The number of likely N-dealkylation sites (tertiary alicyclic amines) is 1. The number of anilines is 1. The Morgan fingerprint density at radius 1 is 1.08 bits per heavy atom. The molecule has 1 N–H and O–H groups in total. The van der Waals surface area contributed by atoms with Crippen molar-refractivity contribution >= 4 is 17.6 Å². The van der Waals surface area contributed by atoms with E-state index in [1.54, 1.807) is 12.1 Å². The van der Waals surface area contributed by atoms with E-state index in [1.807, 2.05) is 4.90 Å². The van der Waals surface area contributed by atoms with Crippen LogP contribution in [0.4, 0.5) is 10.1 Å². The molecule has 1 aromatic rings. The van der Waals surface area contributed by atoms with Gasteiger partial charge in [0.2, 0.25) is 5.91 Å². The average molecular weight is 363 g/mol. The molecule has 0 spiro atoms. The Morgan fingerprint density at radius 2 is 1.77 bits per heavy atom. The van der Waals surface area contributed by atoms with E-state index in [0.717, 1.165) is 38.2 Å². The van der Waals surface area contributed by atoms with Gasteiger partial charge in [-0.3, -0.25) is 9.59 Å². The molecule has 7 heteroatoms. The van der Waals surface area contributed by atoms with Gasteiger partial charge >= 0.3 is 5.97 Å². The van der Waals surface area contributed by atoms with Crippen molar-refractivity contribution in [2.24, 2.45) is 5.92 Å². The number of amides is 1. The highest BCUT2D eigenvalue weighted by molar-refractivity contribution is 5.76. The van der Waals surface area contributed by atoms with Gasteiger partial charge < -0.3 is 19.8 Å². The highest BCUT2D eigenvalue weighted by Crippen LogP contribution is 2.19. The number of nitrogens with zero attached hydrogens (tertiary/aromatic N) is 3. The molecule has 2 fully saturated rings. The third kappa shape index (κ3) is 4.72. The highest BCUT2D eigenvalue weighted by atomic mass is 19.1. The smallest absolute Gasteiger partial charge is 0.307 e. The molecule has 0 aromatic heterocycles. The maximum absolute atomic E-state index is 13.0. The second-order valence-corrected chi connectivity index (χ2v) is 7.07. The van der Waals surface area contributed by atoms with Crippen LogP contribution in [0.15, 0.2) is 24.3 Å². The van der Waals surface area contributed by atoms with Crippen LogP contribution in [0.2, 0.25) is 0 Å².